The number of hydrogen-bond donors (Lipinski definition) is 1. The van der Waals surface area contributed by atoms with Crippen molar-refractivity contribution in [1.82, 2.24) is 5.32 Å². The van der Waals surface area contributed by atoms with Crippen LogP contribution < -0.4 is 5.32 Å². The minimum Gasteiger partial charge on any atom is -0.458 e. The lowest BCUT2D eigenvalue weighted by Gasteiger charge is -2.45. The normalized spacial score (nSPS) is 44.1. The Labute approximate surface area is 89.9 Å². The van der Waals surface area contributed by atoms with E-state index in [4.69, 9.17) is 4.74 Å². The van der Waals surface area contributed by atoms with Crippen LogP contribution in [-0.4, -0.2) is 24.7 Å². The summed E-state index contributed by atoms with van der Waals surface area (Å²) >= 11 is 0. The van der Waals surface area contributed by atoms with E-state index in [1.165, 1.54) is 5.57 Å². The van der Waals surface area contributed by atoms with Crippen LogP contribution in [-0.2, 0) is 9.53 Å². The Kier molecular flexibility index (Phi) is 1.93. The van der Waals surface area contributed by atoms with Gasteiger partial charge in [-0.3, -0.25) is 4.79 Å². The maximum atomic E-state index is 11.5. The number of nitrogens with one attached hydrogen (secondary N) is 1. The van der Waals surface area contributed by atoms with Crippen LogP contribution in [0.5, 0.6) is 0 Å². The third-order valence-corrected chi connectivity index (χ3v) is 4.19. The van der Waals surface area contributed by atoms with Crippen LogP contribution in [0.25, 0.3) is 0 Å². The second kappa shape index (κ2) is 3.08. The third-order valence-electron chi connectivity index (χ3n) is 4.19. The van der Waals surface area contributed by atoms with Gasteiger partial charge in [-0.2, -0.15) is 0 Å². The lowest BCUT2D eigenvalue weighted by Crippen LogP contribution is -2.55. The Morgan fingerprint density at radius 3 is 3.27 bits per heavy atom. The second-order valence-corrected chi connectivity index (χ2v) is 5.11. The number of allylic oxidation sites excluding steroid dienone is 1. The molecular formula is C12H17NO2. The van der Waals surface area contributed by atoms with Gasteiger partial charge in [-0.05, 0) is 19.8 Å². The first-order valence-corrected chi connectivity index (χ1v) is 5.80. The maximum absolute atomic E-state index is 11.5. The molecule has 1 N–H and O–H groups in total. The lowest BCUT2D eigenvalue weighted by atomic mass is 9.68. The fraction of sp³-hybridized carbons (Fsp3) is 0.750. The number of carbonyl (C=O) groups excluding carboxylic acids is 1. The Morgan fingerprint density at radius 2 is 2.40 bits per heavy atom. The van der Waals surface area contributed by atoms with Crippen molar-refractivity contribution in [3.63, 3.8) is 0 Å². The van der Waals surface area contributed by atoms with Crippen LogP contribution in [0.15, 0.2) is 11.6 Å². The predicted octanol–water partition coefficient (Wildman–Crippen LogP) is 1.25. The molecule has 3 heteroatoms. The molecule has 0 aromatic heterocycles. The van der Waals surface area contributed by atoms with Crippen LogP contribution in [0.4, 0.5) is 0 Å². The van der Waals surface area contributed by atoms with Crippen molar-refractivity contribution < 1.29 is 9.53 Å². The van der Waals surface area contributed by atoms with E-state index in [9.17, 15) is 4.79 Å². The third kappa shape index (κ3) is 1.26. The number of ether oxygens (including phenoxy) is 1. The van der Waals surface area contributed by atoms with E-state index >= 15 is 0 Å². The highest BCUT2D eigenvalue weighted by atomic mass is 16.6. The van der Waals surface area contributed by atoms with Crippen LogP contribution in [0.2, 0.25) is 0 Å². The highest BCUT2D eigenvalue weighted by Gasteiger charge is 2.55. The van der Waals surface area contributed by atoms with Gasteiger partial charge in [0.05, 0.1) is 6.42 Å². The Bertz CT molecular complexity index is 337. The standard InChI is InChI=1S/C12H17NO2/c1-8-2-3-12-9(4-8)6-13-7-10(12)5-11(14)15-12/h4,9-10,13H,2-3,5-7H2,1H3/t9?,10-,12+/m1/s1. The lowest BCUT2D eigenvalue weighted by molar-refractivity contribution is -0.155. The van der Waals surface area contributed by atoms with Crippen molar-refractivity contribution in [2.24, 2.45) is 11.8 Å². The number of esters is 1. The molecule has 2 aliphatic heterocycles. The summed E-state index contributed by atoms with van der Waals surface area (Å²) in [7, 11) is 0. The molecular weight excluding hydrogens is 190 g/mol. The smallest absolute Gasteiger partial charge is 0.306 e. The van der Waals surface area contributed by atoms with Crippen LogP contribution >= 0.6 is 0 Å². The van der Waals surface area contributed by atoms with Crippen LogP contribution in [0.1, 0.15) is 26.2 Å². The largest absolute Gasteiger partial charge is 0.458 e. The molecule has 0 saturated carbocycles. The molecule has 1 aliphatic carbocycles. The maximum Gasteiger partial charge on any atom is 0.306 e. The van der Waals surface area contributed by atoms with E-state index in [-0.39, 0.29) is 11.6 Å². The SMILES string of the molecule is CC1=CC2CNC[C@H]3CC(=O)O[C@@]23CC1. The average Bonchev–Trinajstić information content (AvgIpc) is 2.52. The molecule has 1 unspecified atom stereocenters. The minimum absolute atomic E-state index is 0.00153. The summed E-state index contributed by atoms with van der Waals surface area (Å²) in [5, 5.41) is 3.41. The van der Waals surface area contributed by atoms with Crippen LogP contribution in [0, 0.1) is 11.8 Å². The summed E-state index contributed by atoms with van der Waals surface area (Å²) in [4.78, 5) is 11.5. The molecule has 3 nitrogen and oxygen atoms in total. The summed E-state index contributed by atoms with van der Waals surface area (Å²) in [6.45, 7) is 4.07. The highest BCUT2D eigenvalue weighted by molar-refractivity contribution is 5.73. The Balaban J connectivity index is 1.98. The van der Waals surface area contributed by atoms with Gasteiger partial charge < -0.3 is 10.1 Å². The van der Waals surface area contributed by atoms with Gasteiger partial charge in [-0.1, -0.05) is 11.6 Å². The fourth-order valence-corrected chi connectivity index (χ4v) is 3.38. The number of rotatable bonds is 0. The molecule has 0 bridgehead atoms. The summed E-state index contributed by atoms with van der Waals surface area (Å²) in [6, 6.07) is 0. The first-order valence-electron chi connectivity index (χ1n) is 5.80. The van der Waals surface area contributed by atoms with E-state index in [0.29, 0.717) is 18.3 Å². The predicted molar refractivity (Wildman–Crippen MR) is 56.3 cm³/mol. The quantitative estimate of drug-likeness (QED) is 0.480. The fourth-order valence-electron chi connectivity index (χ4n) is 3.38. The van der Waals surface area contributed by atoms with E-state index in [1.54, 1.807) is 0 Å². The van der Waals surface area contributed by atoms with Crippen molar-refractivity contribution in [2.75, 3.05) is 13.1 Å². The van der Waals surface area contributed by atoms with Crippen molar-refractivity contribution in [1.29, 1.82) is 0 Å². The summed E-state index contributed by atoms with van der Waals surface area (Å²) in [6.07, 6.45) is 5.02. The first kappa shape index (κ1) is 9.40. The van der Waals surface area contributed by atoms with Gasteiger partial charge in [-0.25, -0.2) is 0 Å². The van der Waals surface area contributed by atoms with Gasteiger partial charge in [0.25, 0.3) is 0 Å². The summed E-state index contributed by atoms with van der Waals surface area (Å²) in [5.41, 5.74) is 1.29. The monoisotopic (exact) mass is 207 g/mol. The van der Waals surface area contributed by atoms with E-state index in [0.717, 1.165) is 25.9 Å². The molecule has 2 saturated heterocycles. The van der Waals surface area contributed by atoms with Crippen molar-refractivity contribution in [3.05, 3.63) is 11.6 Å². The van der Waals surface area contributed by atoms with E-state index in [1.807, 2.05) is 0 Å². The van der Waals surface area contributed by atoms with Gasteiger partial charge in [0.2, 0.25) is 0 Å². The number of hydrogen-bond acceptors (Lipinski definition) is 3. The van der Waals surface area contributed by atoms with Gasteiger partial charge >= 0.3 is 5.97 Å². The molecule has 2 fully saturated rings. The van der Waals surface area contributed by atoms with E-state index in [2.05, 4.69) is 18.3 Å². The van der Waals surface area contributed by atoms with Gasteiger partial charge in [0.1, 0.15) is 5.60 Å². The molecule has 3 rings (SSSR count). The molecule has 82 valence electrons. The minimum atomic E-state index is -0.151. The topological polar surface area (TPSA) is 38.3 Å². The Hall–Kier alpha value is -0.830. The molecule has 1 spiro atoms. The number of piperidine rings is 1. The van der Waals surface area contributed by atoms with E-state index < -0.39 is 0 Å². The molecule has 2 heterocycles. The molecule has 15 heavy (non-hydrogen) atoms. The molecule has 0 radical (unpaired) electrons. The van der Waals surface area contributed by atoms with Gasteiger partial charge in [0.15, 0.2) is 0 Å². The zero-order valence-corrected chi connectivity index (χ0v) is 9.08. The average molecular weight is 207 g/mol. The zero-order chi connectivity index (χ0) is 10.5. The van der Waals surface area contributed by atoms with Crippen molar-refractivity contribution in [3.8, 4) is 0 Å². The van der Waals surface area contributed by atoms with Gasteiger partial charge in [-0.15, -0.1) is 0 Å². The highest BCUT2D eigenvalue weighted by Crippen LogP contribution is 2.47. The molecule has 0 amide bonds. The molecule has 3 aliphatic rings. The van der Waals surface area contributed by atoms with Gasteiger partial charge in [0, 0.05) is 24.9 Å². The molecule has 3 atom stereocenters. The number of carbonyl (C=O) groups is 1. The summed E-state index contributed by atoms with van der Waals surface area (Å²) in [5.74, 6) is 0.797. The zero-order valence-electron chi connectivity index (χ0n) is 9.08. The van der Waals surface area contributed by atoms with Crippen molar-refractivity contribution in [2.45, 2.75) is 31.8 Å². The molecule has 0 aromatic carbocycles. The first-order chi connectivity index (χ1) is 7.21. The summed E-state index contributed by atoms with van der Waals surface area (Å²) < 4.78 is 5.68. The second-order valence-electron chi connectivity index (χ2n) is 5.11. The molecule has 0 aromatic rings. The van der Waals surface area contributed by atoms with Crippen LogP contribution in [0.3, 0.4) is 0 Å². The van der Waals surface area contributed by atoms with Crippen molar-refractivity contribution >= 4 is 5.97 Å². The Morgan fingerprint density at radius 1 is 1.53 bits per heavy atom.